The van der Waals surface area contributed by atoms with E-state index in [1.807, 2.05) is 0 Å². The van der Waals surface area contributed by atoms with Crippen LogP contribution >= 0.6 is 0 Å². The van der Waals surface area contributed by atoms with Gasteiger partial charge in [-0.25, -0.2) is 0 Å². The Hall–Kier alpha value is 0.930. The van der Waals surface area contributed by atoms with E-state index in [-0.39, 0.29) is 46.6 Å². The van der Waals surface area contributed by atoms with Crippen molar-refractivity contribution in [2.45, 2.75) is 13.8 Å². The molecule has 0 saturated heterocycles. The van der Waals surface area contributed by atoms with Gasteiger partial charge in [0.1, 0.15) is 0 Å². The van der Waals surface area contributed by atoms with Gasteiger partial charge in [0.05, 0.1) is 0 Å². The van der Waals surface area contributed by atoms with E-state index >= 15 is 0 Å². The summed E-state index contributed by atoms with van der Waals surface area (Å²) in [6, 6.07) is 0. The van der Waals surface area contributed by atoms with Crippen molar-refractivity contribution in [3.05, 3.63) is 14.4 Å². The van der Waals surface area contributed by atoms with E-state index < -0.39 is 0 Å². The Morgan fingerprint density at radius 2 is 1.57 bits per heavy atom. The van der Waals surface area contributed by atoms with Gasteiger partial charge < -0.3 is 20.6 Å². The minimum Gasteiger partial charge on any atom is -1.00 e. The van der Waals surface area contributed by atoms with Crippen LogP contribution in [-0.4, -0.2) is 44.0 Å². The van der Waals surface area contributed by atoms with E-state index in [2.05, 4.69) is 6.92 Å². The molecule has 0 rings (SSSR count). The molecule has 0 atom stereocenters. The molecule has 0 heterocycles. The first-order valence-corrected chi connectivity index (χ1v) is 1.41. The van der Waals surface area contributed by atoms with Gasteiger partial charge in [-0.05, 0) is 0 Å². The number of rotatable bonds is 0. The quantitative estimate of drug-likeness (QED) is 0.353. The molecule has 0 saturated carbocycles. The van der Waals surface area contributed by atoms with Crippen molar-refractivity contribution in [1.82, 2.24) is 0 Å². The van der Waals surface area contributed by atoms with Gasteiger partial charge >= 0.3 is 37.7 Å². The van der Waals surface area contributed by atoms with Gasteiger partial charge in [0.15, 0.2) is 0 Å². The van der Waals surface area contributed by atoms with E-state index in [4.69, 9.17) is 4.79 Å². The first-order chi connectivity index (χ1) is 2.41. The molecule has 0 amide bonds. The largest absolute Gasteiger partial charge is 2.00 e. The van der Waals surface area contributed by atoms with E-state index in [0.717, 1.165) is 0 Å². The number of hydrogen-bond donors (Lipinski definition) is 0. The SMILES string of the molecule is C[C-]=O.[CH2-]C.[CH3-].[Ca+2].[H-]. The maximum atomic E-state index is 8.68. The van der Waals surface area contributed by atoms with Crippen molar-refractivity contribution >= 4 is 44.0 Å². The van der Waals surface area contributed by atoms with E-state index in [1.165, 1.54) is 13.2 Å². The molecule has 0 aromatic rings. The van der Waals surface area contributed by atoms with Crippen LogP contribution in [0.25, 0.3) is 0 Å². The van der Waals surface area contributed by atoms with Crippen molar-refractivity contribution in [1.29, 1.82) is 0 Å². The average Bonchev–Trinajstić information content (AvgIpc) is 1.46. The van der Waals surface area contributed by atoms with Crippen molar-refractivity contribution in [2.24, 2.45) is 0 Å². The zero-order valence-corrected chi connectivity index (χ0v) is 7.53. The van der Waals surface area contributed by atoms with Crippen molar-refractivity contribution in [3.8, 4) is 0 Å². The molecule has 0 unspecified atom stereocenters. The summed E-state index contributed by atoms with van der Waals surface area (Å²) in [5.41, 5.74) is 0. The van der Waals surface area contributed by atoms with E-state index in [9.17, 15) is 0 Å². The van der Waals surface area contributed by atoms with Gasteiger partial charge in [0.2, 0.25) is 0 Å². The maximum absolute atomic E-state index is 8.68. The summed E-state index contributed by atoms with van der Waals surface area (Å²) in [7, 11) is 0. The minimum atomic E-state index is 0. The summed E-state index contributed by atoms with van der Waals surface area (Å²) in [4.78, 5) is 8.68. The van der Waals surface area contributed by atoms with Crippen LogP contribution in [-0.2, 0) is 4.79 Å². The van der Waals surface area contributed by atoms with Crippen molar-refractivity contribution in [3.63, 3.8) is 0 Å². The van der Waals surface area contributed by atoms with Gasteiger partial charge in [0, 0.05) is 0 Å². The Morgan fingerprint density at radius 3 is 1.57 bits per heavy atom. The zero-order valence-electron chi connectivity index (χ0n) is 6.32. The van der Waals surface area contributed by atoms with Crippen LogP contribution in [0.15, 0.2) is 0 Å². The molecule has 2 heteroatoms. The fraction of sp³-hybridized carbons (Fsp3) is 0.400. The molecule has 7 heavy (non-hydrogen) atoms. The van der Waals surface area contributed by atoms with Crippen LogP contribution in [0.4, 0.5) is 0 Å². The van der Waals surface area contributed by atoms with Gasteiger partial charge in [0.25, 0.3) is 0 Å². The average molecular weight is 128 g/mol. The topological polar surface area (TPSA) is 17.1 Å². The van der Waals surface area contributed by atoms with Gasteiger partial charge in [-0.2, -0.15) is 13.8 Å². The Bertz CT molecular complexity index is 19.9. The van der Waals surface area contributed by atoms with E-state index in [0.29, 0.717) is 0 Å². The summed E-state index contributed by atoms with van der Waals surface area (Å²) in [5, 5.41) is 0. The van der Waals surface area contributed by atoms with Gasteiger partial charge in [-0.15, -0.1) is 0 Å². The monoisotopic (exact) mass is 128 g/mol. The van der Waals surface area contributed by atoms with Crippen LogP contribution in [0.5, 0.6) is 0 Å². The molecule has 0 bridgehead atoms. The zero-order chi connectivity index (χ0) is 4.71. The van der Waals surface area contributed by atoms with Crippen LogP contribution < -0.4 is 0 Å². The predicted molar refractivity (Wildman–Crippen MR) is 35.7 cm³/mol. The van der Waals surface area contributed by atoms with Crippen LogP contribution in [0, 0.1) is 14.4 Å². The summed E-state index contributed by atoms with van der Waals surface area (Å²) in [6.07, 6.45) is 1.50. The van der Waals surface area contributed by atoms with Gasteiger partial charge in [-0.1, -0.05) is 0 Å². The first kappa shape index (κ1) is 24.7. The molecule has 1 nitrogen and oxygen atoms in total. The fourth-order valence-corrected chi connectivity index (χ4v) is 0. The van der Waals surface area contributed by atoms with E-state index in [1.54, 1.807) is 6.92 Å². The second-order valence-electron chi connectivity index (χ2n) is 0.204. The fourth-order valence-electron chi connectivity index (χ4n) is 0. The molecule has 0 N–H and O–H groups in total. The summed E-state index contributed by atoms with van der Waals surface area (Å²) in [6.45, 7) is 6.32. The first-order valence-electron chi connectivity index (χ1n) is 1.41. The minimum absolute atomic E-state index is 0. The maximum Gasteiger partial charge on any atom is 2.00 e. The van der Waals surface area contributed by atoms with Crippen molar-refractivity contribution < 1.29 is 6.22 Å². The third-order valence-corrected chi connectivity index (χ3v) is 0. The molecule has 0 aliphatic carbocycles. The smallest absolute Gasteiger partial charge is 1.00 e. The molecule has 42 valence electrons. The molecule has 0 aliphatic heterocycles. The molecular formula is C5H12CaO-2. The molecule has 0 spiro atoms. The Kier molecular flexibility index (Phi) is 230. The molecule has 0 radical (unpaired) electrons. The molecule has 0 aromatic heterocycles. The van der Waals surface area contributed by atoms with Crippen LogP contribution in [0.2, 0.25) is 0 Å². The summed E-state index contributed by atoms with van der Waals surface area (Å²) in [5.74, 6) is 0. The predicted octanol–water partition coefficient (Wildman–Crippen LogP) is 1.14. The Balaban J connectivity index is -0.00000000567. The standard InChI is InChI=1S/C2H3O.C2H5.CH3.Ca.H/c1-2-3;1-2;;;/h1H3;1H2,2H3;1H3;;/q3*-1;+2;-1. The molecular weight excluding hydrogens is 116 g/mol. The number of hydrogen-bond acceptors (Lipinski definition) is 1. The third kappa shape index (κ3) is 195. The third-order valence-electron chi connectivity index (χ3n) is 0. The van der Waals surface area contributed by atoms with Crippen LogP contribution in [0.3, 0.4) is 0 Å². The van der Waals surface area contributed by atoms with Crippen LogP contribution in [0.1, 0.15) is 15.3 Å². The number of carbonyl (C=O) groups excluding carboxylic acids is 1. The summed E-state index contributed by atoms with van der Waals surface area (Å²) >= 11 is 0. The second kappa shape index (κ2) is 65.4. The Labute approximate surface area is 78.0 Å². The Morgan fingerprint density at radius 1 is 1.57 bits per heavy atom. The molecule has 0 aliphatic rings. The summed E-state index contributed by atoms with van der Waals surface area (Å²) < 4.78 is 0. The van der Waals surface area contributed by atoms with Gasteiger partial charge in [-0.3, -0.25) is 6.29 Å². The van der Waals surface area contributed by atoms with Crippen molar-refractivity contribution in [2.75, 3.05) is 0 Å². The normalized spacial score (nSPS) is 2.71. The molecule has 0 aromatic carbocycles. The molecule has 0 fully saturated rings. The second-order valence-corrected chi connectivity index (χ2v) is 0.204.